The van der Waals surface area contributed by atoms with Crippen LogP contribution in [-0.2, 0) is 9.53 Å². The lowest BCUT2D eigenvalue weighted by Crippen LogP contribution is -2.20. The number of hydrogen-bond acceptors (Lipinski definition) is 5. The Morgan fingerprint density at radius 2 is 1.86 bits per heavy atom. The Bertz CT molecular complexity index is 1050. The molecule has 2 aromatic carbocycles. The van der Waals surface area contributed by atoms with Gasteiger partial charge in [-0.1, -0.05) is 37.1 Å². The maximum atomic E-state index is 13.1. The fourth-order valence-electron chi connectivity index (χ4n) is 2.65. The van der Waals surface area contributed by atoms with Crippen molar-refractivity contribution in [1.82, 2.24) is 0 Å². The van der Waals surface area contributed by atoms with Gasteiger partial charge in [0.25, 0.3) is 0 Å². The molecule has 0 spiro atoms. The molecule has 1 aromatic heterocycles. The molecule has 3 aromatic rings. The number of fused-ring (bicyclic) bond motifs is 1. The number of esters is 1. The summed E-state index contributed by atoms with van der Waals surface area (Å²) in [7, 11) is 0. The second kappa shape index (κ2) is 8.48. The zero-order valence-corrected chi connectivity index (χ0v) is 16.7. The Morgan fingerprint density at radius 3 is 2.54 bits per heavy atom. The molecule has 0 unspecified atom stereocenters. The van der Waals surface area contributed by atoms with Crippen LogP contribution in [0, 0.1) is 12.8 Å². The summed E-state index contributed by atoms with van der Waals surface area (Å²) in [5.74, 6) is -0.113. The molecule has 0 aliphatic carbocycles. The molecule has 0 bridgehead atoms. The molecule has 0 aliphatic rings. The van der Waals surface area contributed by atoms with E-state index in [4.69, 9.17) is 25.5 Å². The minimum atomic E-state index is -0.542. The summed E-state index contributed by atoms with van der Waals surface area (Å²) in [5.41, 5.74) is 1.64. The number of ether oxygens (including phenoxy) is 2. The lowest BCUT2D eigenvalue weighted by molar-refractivity contribution is -0.147. The topological polar surface area (TPSA) is 65.7 Å². The average Bonchev–Trinajstić information content (AvgIpc) is 2.66. The van der Waals surface area contributed by atoms with Crippen LogP contribution in [0.1, 0.15) is 19.4 Å². The predicted octanol–water partition coefficient (Wildman–Crippen LogP) is 5.00. The third-order valence-corrected chi connectivity index (χ3v) is 4.27. The largest absolute Gasteiger partial charge is 0.474 e. The van der Waals surface area contributed by atoms with Crippen molar-refractivity contribution in [2.45, 2.75) is 20.8 Å². The molecule has 146 valence electrons. The van der Waals surface area contributed by atoms with E-state index >= 15 is 0 Å². The molecule has 3 rings (SSSR count). The van der Waals surface area contributed by atoms with Crippen LogP contribution < -0.4 is 10.2 Å². The minimum Gasteiger partial charge on any atom is -0.474 e. The van der Waals surface area contributed by atoms with Crippen molar-refractivity contribution in [3.63, 3.8) is 0 Å². The van der Waals surface area contributed by atoms with Gasteiger partial charge in [0.2, 0.25) is 11.2 Å². The fraction of sp³-hybridized carbons (Fsp3) is 0.273. The summed E-state index contributed by atoms with van der Waals surface area (Å²) in [5, 5.41) is 0.950. The first-order valence-corrected chi connectivity index (χ1v) is 9.34. The Kier molecular flexibility index (Phi) is 6.05. The Labute approximate surface area is 167 Å². The third-order valence-electron chi connectivity index (χ3n) is 4.02. The van der Waals surface area contributed by atoms with Crippen LogP contribution in [0.4, 0.5) is 0 Å². The van der Waals surface area contributed by atoms with Crippen molar-refractivity contribution >= 4 is 28.5 Å². The standard InChI is InChI=1S/C22H21ClO5/c1-13(2)11-26-19(24)12-27-22-20(25)17-10-14(3)4-9-18(17)28-21(22)15-5-7-16(23)8-6-15/h4-10,13H,11-12H2,1-3H3. The van der Waals surface area contributed by atoms with Gasteiger partial charge in [0, 0.05) is 10.6 Å². The SMILES string of the molecule is Cc1ccc2oc(-c3ccc(Cl)cc3)c(OCC(=O)OCC(C)C)c(=O)c2c1. The molecule has 6 heteroatoms. The highest BCUT2D eigenvalue weighted by Crippen LogP contribution is 2.32. The summed E-state index contributed by atoms with van der Waals surface area (Å²) in [4.78, 5) is 25.0. The number of hydrogen-bond donors (Lipinski definition) is 0. The lowest BCUT2D eigenvalue weighted by atomic mass is 10.1. The average molecular weight is 401 g/mol. The second-order valence-electron chi connectivity index (χ2n) is 6.96. The van der Waals surface area contributed by atoms with Crippen molar-refractivity contribution in [2.24, 2.45) is 5.92 Å². The van der Waals surface area contributed by atoms with Crippen LogP contribution in [-0.4, -0.2) is 19.2 Å². The quantitative estimate of drug-likeness (QED) is 0.545. The maximum Gasteiger partial charge on any atom is 0.344 e. The van der Waals surface area contributed by atoms with Gasteiger partial charge < -0.3 is 13.9 Å². The highest BCUT2D eigenvalue weighted by Gasteiger charge is 2.19. The van der Waals surface area contributed by atoms with Gasteiger partial charge in [-0.3, -0.25) is 4.79 Å². The van der Waals surface area contributed by atoms with Crippen LogP contribution in [0.2, 0.25) is 5.02 Å². The molecule has 0 saturated heterocycles. The Balaban J connectivity index is 2.03. The second-order valence-corrected chi connectivity index (χ2v) is 7.40. The molecule has 0 saturated carbocycles. The van der Waals surface area contributed by atoms with Crippen LogP contribution in [0.5, 0.6) is 5.75 Å². The molecule has 5 nitrogen and oxygen atoms in total. The predicted molar refractivity (Wildman–Crippen MR) is 109 cm³/mol. The van der Waals surface area contributed by atoms with Crippen LogP contribution in [0.25, 0.3) is 22.3 Å². The molecule has 28 heavy (non-hydrogen) atoms. The summed E-state index contributed by atoms with van der Waals surface area (Å²) >= 11 is 5.96. The highest BCUT2D eigenvalue weighted by atomic mass is 35.5. The van der Waals surface area contributed by atoms with Gasteiger partial charge in [0.1, 0.15) is 5.58 Å². The number of benzene rings is 2. The molecule has 0 radical (unpaired) electrons. The Hall–Kier alpha value is -2.79. The van der Waals surface area contributed by atoms with E-state index in [1.165, 1.54) is 0 Å². The van der Waals surface area contributed by atoms with E-state index in [1.54, 1.807) is 36.4 Å². The van der Waals surface area contributed by atoms with E-state index in [9.17, 15) is 9.59 Å². The number of carbonyl (C=O) groups excluding carboxylic acids is 1. The first kappa shape index (κ1) is 20.0. The molecule has 0 aliphatic heterocycles. The molecular formula is C22H21ClO5. The third kappa shape index (κ3) is 4.54. The molecule has 0 N–H and O–H groups in total. The van der Waals surface area contributed by atoms with Gasteiger partial charge in [-0.2, -0.15) is 0 Å². The smallest absolute Gasteiger partial charge is 0.344 e. The molecule has 1 heterocycles. The first-order valence-electron chi connectivity index (χ1n) is 8.97. The van der Waals surface area contributed by atoms with Gasteiger partial charge >= 0.3 is 5.97 Å². The number of halogens is 1. The van der Waals surface area contributed by atoms with Crippen molar-refractivity contribution in [3.8, 4) is 17.1 Å². The van der Waals surface area contributed by atoms with E-state index in [-0.39, 0.29) is 36.1 Å². The van der Waals surface area contributed by atoms with Crippen LogP contribution >= 0.6 is 11.6 Å². The van der Waals surface area contributed by atoms with Gasteiger partial charge in [-0.15, -0.1) is 0 Å². The zero-order valence-electron chi connectivity index (χ0n) is 16.0. The van der Waals surface area contributed by atoms with Gasteiger partial charge in [0.15, 0.2) is 12.4 Å². The van der Waals surface area contributed by atoms with Crippen LogP contribution in [0.3, 0.4) is 0 Å². The van der Waals surface area contributed by atoms with E-state index in [0.717, 1.165) is 5.56 Å². The van der Waals surface area contributed by atoms with Crippen molar-refractivity contribution in [3.05, 3.63) is 63.3 Å². The zero-order chi connectivity index (χ0) is 20.3. The molecule has 0 atom stereocenters. The van der Waals surface area contributed by atoms with Gasteiger partial charge in [-0.25, -0.2) is 4.79 Å². The normalized spacial score (nSPS) is 11.0. The first-order chi connectivity index (χ1) is 13.3. The van der Waals surface area contributed by atoms with E-state index in [2.05, 4.69) is 0 Å². The van der Waals surface area contributed by atoms with Crippen molar-refractivity contribution < 1.29 is 18.7 Å². The van der Waals surface area contributed by atoms with E-state index in [0.29, 0.717) is 21.6 Å². The van der Waals surface area contributed by atoms with Crippen molar-refractivity contribution in [2.75, 3.05) is 13.2 Å². The summed E-state index contributed by atoms with van der Waals surface area (Å²) < 4.78 is 16.7. The highest BCUT2D eigenvalue weighted by molar-refractivity contribution is 6.30. The number of rotatable bonds is 6. The van der Waals surface area contributed by atoms with Crippen LogP contribution in [0.15, 0.2) is 51.7 Å². The Morgan fingerprint density at radius 1 is 1.14 bits per heavy atom. The van der Waals surface area contributed by atoms with Gasteiger partial charge in [-0.05, 0) is 49.2 Å². The number of carbonyl (C=O) groups is 1. The number of aryl methyl sites for hydroxylation is 1. The molecular weight excluding hydrogens is 380 g/mol. The minimum absolute atomic E-state index is 0.0260. The fourth-order valence-corrected chi connectivity index (χ4v) is 2.77. The van der Waals surface area contributed by atoms with E-state index in [1.807, 2.05) is 26.8 Å². The van der Waals surface area contributed by atoms with E-state index < -0.39 is 5.97 Å². The monoisotopic (exact) mass is 400 g/mol. The van der Waals surface area contributed by atoms with Gasteiger partial charge in [0.05, 0.1) is 12.0 Å². The van der Waals surface area contributed by atoms with Crippen molar-refractivity contribution in [1.29, 1.82) is 0 Å². The molecule has 0 fully saturated rings. The molecule has 0 amide bonds. The lowest BCUT2D eigenvalue weighted by Gasteiger charge is -2.12. The summed E-state index contributed by atoms with van der Waals surface area (Å²) in [6.07, 6.45) is 0. The summed E-state index contributed by atoms with van der Waals surface area (Å²) in [6, 6.07) is 12.2. The maximum absolute atomic E-state index is 13.1. The summed E-state index contributed by atoms with van der Waals surface area (Å²) in [6.45, 7) is 5.67.